The number of aromatic nitrogens is 3. The van der Waals surface area contributed by atoms with Gasteiger partial charge in [-0.25, -0.2) is 4.98 Å². The van der Waals surface area contributed by atoms with Gasteiger partial charge in [-0.15, -0.1) is 5.10 Å². The molecule has 0 aliphatic carbocycles. The van der Waals surface area contributed by atoms with E-state index in [0.29, 0.717) is 10.9 Å². The summed E-state index contributed by atoms with van der Waals surface area (Å²) in [4.78, 5) is 16.0. The van der Waals surface area contributed by atoms with Crippen molar-refractivity contribution in [3.63, 3.8) is 0 Å². The van der Waals surface area contributed by atoms with Crippen LogP contribution in [0.5, 0.6) is 0 Å². The highest BCUT2D eigenvalue weighted by Gasteiger charge is 2.09. The molecular weight excluding hydrogens is 284 g/mol. The van der Waals surface area contributed by atoms with Crippen LogP contribution in [-0.4, -0.2) is 32.9 Å². The van der Waals surface area contributed by atoms with E-state index in [-0.39, 0.29) is 11.9 Å². The van der Waals surface area contributed by atoms with Crippen molar-refractivity contribution in [1.29, 1.82) is 0 Å². The van der Waals surface area contributed by atoms with Crippen LogP contribution in [0.2, 0.25) is 0 Å². The van der Waals surface area contributed by atoms with Crippen molar-refractivity contribution >= 4 is 17.7 Å². The van der Waals surface area contributed by atoms with Crippen molar-refractivity contribution in [3.8, 4) is 11.4 Å². The molecule has 1 aromatic heterocycles. The Morgan fingerprint density at radius 2 is 2.05 bits per heavy atom. The van der Waals surface area contributed by atoms with Crippen molar-refractivity contribution < 1.29 is 4.79 Å². The number of rotatable bonds is 6. The number of carbonyl (C=O) groups excluding carboxylic acids is 1. The molecule has 112 valence electrons. The highest BCUT2D eigenvalue weighted by Crippen LogP contribution is 2.19. The maximum atomic E-state index is 11.6. The predicted octanol–water partition coefficient (Wildman–Crippen LogP) is 2.65. The predicted molar refractivity (Wildman–Crippen MR) is 85.2 cm³/mol. The second-order valence-electron chi connectivity index (χ2n) is 5.03. The summed E-state index contributed by atoms with van der Waals surface area (Å²) in [5, 5.41) is 10.5. The summed E-state index contributed by atoms with van der Waals surface area (Å²) >= 11 is 1.33. The van der Waals surface area contributed by atoms with E-state index in [4.69, 9.17) is 0 Å². The first-order valence-electron chi connectivity index (χ1n) is 7.02. The molecule has 6 heteroatoms. The number of thioether (sulfide) groups is 1. The van der Waals surface area contributed by atoms with E-state index < -0.39 is 0 Å². The van der Waals surface area contributed by atoms with Gasteiger partial charge in [0.25, 0.3) is 0 Å². The lowest BCUT2D eigenvalue weighted by atomic mass is 10.1. The van der Waals surface area contributed by atoms with Crippen molar-refractivity contribution in [2.75, 3.05) is 5.75 Å². The molecule has 1 aromatic carbocycles. The van der Waals surface area contributed by atoms with Crippen molar-refractivity contribution in [2.24, 2.45) is 0 Å². The zero-order valence-electron chi connectivity index (χ0n) is 12.5. The Morgan fingerprint density at radius 1 is 1.33 bits per heavy atom. The van der Waals surface area contributed by atoms with E-state index in [0.717, 1.165) is 17.8 Å². The van der Waals surface area contributed by atoms with Crippen molar-refractivity contribution in [3.05, 3.63) is 29.8 Å². The number of hydrogen-bond donors (Lipinski definition) is 2. The number of carbonyl (C=O) groups is 1. The van der Waals surface area contributed by atoms with E-state index in [9.17, 15) is 4.79 Å². The lowest BCUT2D eigenvalue weighted by Gasteiger charge is -2.06. The Hall–Kier alpha value is -1.82. The summed E-state index contributed by atoms with van der Waals surface area (Å²) in [6.45, 7) is 6.00. The third kappa shape index (κ3) is 4.60. The standard InChI is InChI=1S/C15H20N4OS/c1-4-11-5-7-12(8-6-11)14-17-15(19-18-14)21-9-13(20)16-10(2)3/h5-8,10H,4,9H2,1-3H3,(H,16,20)(H,17,18,19). The van der Waals surface area contributed by atoms with Crippen LogP contribution in [0.25, 0.3) is 11.4 Å². The smallest absolute Gasteiger partial charge is 0.230 e. The number of nitrogens with one attached hydrogen (secondary N) is 2. The summed E-state index contributed by atoms with van der Waals surface area (Å²) in [6, 6.07) is 8.37. The van der Waals surface area contributed by atoms with Gasteiger partial charge in [-0.2, -0.15) is 0 Å². The summed E-state index contributed by atoms with van der Waals surface area (Å²) in [7, 11) is 0. The summed E-state index contributed by atoms with van der Waals surface area (Å²) in [6.07, 6.45) is 1.02. The molecule has 0 fully saturated rings. The molecule has 2 aromatic rings. The quantitative estimate of drug-likeness (QED) is 0.805. The van der Waals surface area contributed by atoms with Crippen LogP contribution in [-0.2, 0) is 11.2 Å². The fourth-order valence-electron chi connectivity index (χ4n) is 1.83. The monoisotopic (exact) mass is 304 g/mol. The number of nitrogens with zero attached hydrogens (tertiary/aromatic N) is 2. The molecule has 0 atom stereocenters. The second-order valence-corrected chi connectivity index (χ2v) is 5.97. The number of benzene rings is 1. The molecule has 0 bridgehead atoms. The Morgan fingerprint density at radius 3 is 2.67 bits per heavy atom. The molecule has 2 rings (SSSR count). The largest absolute Gasteiger partial charge is 0.353 e. The number of H-pyrrole nitrogens is 1. The average Bonchev–Trinajstić information content (AvgIpc) is 2.93. The molecule has 1 heterocycles. The fourth-order valence-corrected chi connectivity index (χ4v) is 2.44. The summed E-state index contributed by atoms with van der Waals surface area (Å²) in [5.41, 5.74) is 2.29. The van der Waals surface area contributed by atoms with Gasteiger partial charge in [0.1, 0.15) is 0 Å². The molecule has 2 N–H and O–H groups in total. The minimum absolute atomic E-state index is 0.00588. The van der Waals surface area contributed by atoms with E-state index in [1.54, 1.807) is 0 Å². The maximum Gasteiger partial charge on any atom is 0.230 e. The first kappa shape index (κ1) is 15.6. The number of hydrogen-bond acceptors (Lipinski definition) is 4. The fraction of sp³-hybridized carbons (Fsp3) is 0.400. The summed E-state index contributed by atoms with van der Waals surface area (Å²) in [5.74, 6) is 1.04. The van der Waals surface area contributed by atoms with Gasteiger partial charge in [0, 0.05) is 11.6 Å². The molecule has 0 saturated carbocycles. The molecule has 0 spiro atoms. The van der Waals surface area contributed by atoms with Gasteiger partial charge in [-0.05, 0) is 25.8 Å². The lowest BCUT2D eigenvalue weighted by molar-refractivity contribution is -0.119. The van der Waals surface area contributed by atoms with Crippen LogP contribution < -0.4 is 5.32 Å². The van der Waals surface area contributed by atoms with Gasteiger partial charge in [-0.3, -0.25) is 9.89 Å². The van der Waals surface area contributed by atoms with Gasteiger partial charge in [0.15, 0.2) is 5.82 Å². The van der Waals surface area contributed by atoms with Crippen LogP contribution in [0, 0.1) is 0 Å². The average molecular weight is 304 g/mol. The Balaban J connectivity index is 1.96. The lowest BCUT2D eigenvalue weighted by Crippen LogP contribution is -2.31. The third-order valence-electron chi connectivity index (χ3n) is 2.88. The Kier molecular flexibility index (Phi) is 5.38. The highest BCUT2D eigenvalue weighted by molar-refractivity contribution is 7.99. The molecule has 0 aliphatic heterocycles. The second kappa shape index (κ2) is 7.26. The van der Waals surface area contributed by atoms with Gasteiger partial charge in [0.05, 0.1) is 5.75 Å². The zero-order chi connectivity index (χ0) is 15.2. The van der Waals surface area contributed by atoms with E-state index >= 15 is 0 Å². The van der Waals surface area contributed by atoms with Gasteiger partial charge >= 0.3 is 0 Å². The Bertz CT molecular complexity index is 592. The molecule has 21 heavy (non-hydrogen) atoms. The van der Waals surface area contributed by atoms with Crippen molar-refractivity contribution in [1.82, 2.24) is 20.5 Å². The first-order valence-corrected chi connectivity index (χ1v) is 8.01. The van der Waals surface area contributed by atoms with Gasteiger partial charge in [0.2, 0.25) is 11.1 Å². The molecule has 0 aliphatic rings. The molecule has 1 amide bonds. The normalized spacial score (nSPS) is 10.9. The van der Waals surface area contributed by atoms with E-state index in [2.05, 4.69) is 39.6 Å². The number of amides is 1. The van der Waals surface area contributed by atoms with Crippen LogP contribution in [0.15, 0.2) is 29.4 Å². The van der Waals surface area contributed by atoms with Crippen LogP contribution in [0.4, 0.5) is 0 Å². The number of aromatic amines is 1. The molecule has 0 saturated heterocycles. The SMILES string of the molecule is CCc1ccc(-c2nc(SCC(=O)NC(C)C)n[nH]2)cc1. The van der Waals surface area contributed by atoms with Gasteiger partial charge in [-0.1, -0.05) is 43.0 Å². The van der Waals surface area contributed by atoms with Crippen molar-refractivity contribution in [2.45, 2.75) is 38.4 Å². The van der Waals surface area contributed by atoms with E-state index in [1.165, 1.54) is 17.3 Å². The highest BCUT2D eigenvalue weighted by atomic mass is 32.2. The van der Waals surface area contributed by atoms with E-state index in [1.807, 2.05) is 26.0 Å². The van der Waals surface area contributed by atoms with Gasteiger partial charge < -0.3 is 5.32 Å². The minimum Gasteiger partial charge on any atom is -0.353 e. The third-order valence-corrected chi connectivity index (χ3v) is 3.73. The first-order chi connectivity index (χ1) is 10.1. The zero-order valence-corrected chi connectivity index (χ0v) is 13.3. The van der Waals surface area contributed by atoms with Crippen LogP contribution in [0.1, 0.15) is 26.3 Å². The van der Waals surface area contributed by atoms with Crippen LogP contribution >= 0.6 is 11.8 Å². The number of aryl methyl sites for hydroxylation is 1. The maximum absolute atomic E-state index is 11.6. The molecule has 5 nitrogen and oxygen atoms in total. The molecular formula is C15H20N4OS. The van der Waals surface area contributed by atoms with Crippen LogP contribution in [0.3, 0.4) is 0 Å². The topological polar surface area (TPSA) is 70.7 Å². The molecule has 0 radical (unpaired) electrons. The summed E-state index contributed by atoms with van der Waals surface area (Å²) < 4.78 is 0. The molecule has 0 unspecified atom stereocenters. The Labute approximate surface area is 128 Å². The minimum atomic E-state index is -0.00588.